The Labute approximate surface area is 73.1 Å². The molecule has 1 aliphatic heterocycles. The lowest BCUT2D eigenvalue weighted by molar-refractivity contribution is 0.334. The summed E-state index contributed by atoms with van der Waals surface area (Å²) in [6.45, 7) is 2.19. The van der Waals surface area contributed by atoms with E-state index < -0.39 is 0 Å². The highest BCUT2D eigenvalue weighted by molar-refractivity contribution is 5.04. The summed E-state index contributed by atoms with van der Waals surface area (Å²) >= 11 is 0. The second-order valence-corrected chi connectivity index (χ2v) is 3.44. The van der Waals surface area contributed by atoms with Gasteiger partial charge in [0.25, 0.3) is 0 Å². The molecule has 1 heterocycles. The van der Waals surface area contributed by atoms with Crippen LogP contribution in [0.3, 0.4) is 0 Å². The van der Waals surface area contributed by atoms with Crippen LogP contribution >= 0.6 is 0 Å². The summed E-state index contributed by atoms with van der Waals surface area (Å²) in [5.41, 5.74) is 1.18. The number of rotatable bonds is 2. The van der Waals surface area contributed by atoms with Crippen LogP contribution < -0.4 is 0 Å². The Morgan fingerprint density at radius 2 is 2.00 bits per heavy atom. The summed E-state index contributed by atoms with van der Waals surface area (Å²) in [6, 6.07) is 0. The van der Waals surface area contributed by atoms with E-state index in [-0.39, 0.29) is 0 Å². The smallest absolute Gasteiger partial charge is 0.0608 e. The molecule has 0 saturated carbocycles. The molecule has 1 fully saturated rings. The van der Waals surface area contributed by atoms with Crippen LogP contribution in [-0.4, -0.2) is 18.1 Å². The predicted molar refractivity (Wildman–Crippen MR) is 47.6 cm³/mol. The van der Waals surface area contributed by atoms with Crippen molar-refractivity contribution >= 4 is 0 Å². The maximum absolute atomic E-state index is 4.22. The van der Waals surface area contributed by atoms with Crippen molar-refractivity contribution in [2.45, 2.75) is 32.1 Å². The SMILES string of the molecule is C1=C(N=NN2CCCC2)CCC1. The average Bonchev–Trinajstić information content (AvgIpc) is 2.74. The van der Waals surface area contributed by atoms with Gasteiger partial charge in [0.05, 0.1) is 5.70 Å². The Hall–Kier alpha value is -0.860. The number of allylic oxidation sites excluding steroid dienone is 2. The van der Waals surface area contributed by atoms with E-state index in [1.807, 2.05) is 0 Å². The molecule has 3 heteroatoms. The molecular formula is C9H15N3. The summed E-state index contributed by atoms with van der Waals surface area (Å²) in [5.74, 6) is 0. The molecule has 0 amide bonds. The minimum absolute atomic E-state index is 1.09. The fourth-order valence-corrected chi connectivity index (χ4v) is 1.66. The van der Waals surface area contributed by atoms with E-state index in [9.17, 15) is 0 Å². The van der Waals surface area contributed by atoms with E-state index >= 15 is 0 Å². The van der Waals surface area contributed by atoms with Crippen molar-refractivity contribution in [1.29, 1.82) is 0 Å². The highest BCUT2D eigenvalue weighted by Crippen LogP contribution is 2.19. The van der Waals surface area contributed by atoms with E-state index in [4.69, 9.17) is 0 Å². The quantitative estimate of drug-likeness (QED) is 0.578. The van der Waals surface area contributed by atoms with Crippen LogP contribution in [0.1, 0.15) is 32.1 Å². The zero-order valence-electron chi connectivity index (χ0n) is 7.37. The molecule has 2 aliphatic rings. The zero-order valence-corrected chi connectivity index (χ0v) is 7.37. The van der Waals surface area contributed by atoms with Crippen molar-refractivity contribution in [2.75, 3.05) is 13.1 Å². The van der Waals surface area contributed by atoms with Gasteiger partial charge < -0.3 is 0 Å². The van der Waals surface area contributed by atoms with E-state index in [1.54, 1.807) is 0 Å². The van der Waals surface area contributed by atoms with Crippen molar-refractivity contribution in [3.63, 3.8) is 0 Å². The van der Waals surface area contributed by atoms with Crippen molar-refractivity contribution in [3.05, 3.63) is 11.8 Å². The van der Waals surface area contributed by atoms with Crippen LogP contribution in [0.25, 0.3) is 0 Å². The maximum atomic E-state index is 4.22. The van der Waals surface area contributed by atoms with Gasteiger partial charge in [0.2, 0.25) is 0 Å². The molecule has 12 heavy (non-hydrogen) atoms. The largest absolute Gasteiger partial charge is 0.278 e. The van der Waals surface area contributed by atoms with Gasteiger partial charge in [0.1, 0.15) is 0 Å². The van der Waals surface area contributed by atoms with E-state index in [0.29, 0.717) is 0 Å². The van der Waals surface area contributed by atoms with Crippen LogP contribution in [0.2, 0.25) is 0 Å². The Kier molecular flexibility index (Phi) is 2.39. The molecule has 0 aromatic heterocycles. The molecule has 0 atom stereocenters. The predicted octanol–water partition coefficient (Wildman–Crippen LogP) is 2.52. The second-order valence-electron chi connectivity index (χ2n) is 3.44. The summed E-state index contributed by atoms with van der Waals surface area (Å²) in [6.07, 6.45) is 8.32. The lowest BCUT2D eigenvalue weighted by Gasteiger charge is -2.06. The molecule has 66 valence electrons. The van der Waals surface area contributed by atoms with Gasteiger partial charge in [0.15, 0.2) is 0 Å². The number of nitrogens with zero attached hydrogens (tertiary/aromatic N) is 3. The molecule has 0 aromatic rings. The van der Waals surface area contributed by atoms with Gasteiger partial charge in [0, 0.05) is 13.1 Å². The van der Waals surface area contributed by atoms with Gasteiger partial charge in [-0.3, -0.25) is 5.01 Å². The van der Waals surface area contributed by atoms with Crippen molar-refractivity contribution in [2.24, 2.45) is 10.3 Å². The summed E-state index contributed by atoms with van der Waals surface area (Å²) < 4.78 is 0. The van der Waals surface area contributed by atoms with Crippen LogP contribution in [0.5, 0.6) is 0 Å². The van der Waals surface area contributed by atoms with Gasteiger partial charge in [-0.1, -0.05) is 11.3 Å². The third-order valence-corrected chi connectivity index (χ3v) is 2.40. The first kappa shape index (κ1) is 7.77. The molecule has 1 saturated heterocycles. The normalized spacial score (nSPS) is 24.0. The molecule has 0 unspecified atom stereocenters. The highest BCUT2D eigenvalue weighted by Gasteiger charge is 2.09. The van der Waals surface area contributed by atoms with Gasteiger partial charge in [-0.2, -0.15) is 0 Å². The highest BCUT2D eigenvalue weighted by atomic mass is 15.5. The van der Waals surface area contributed by atoms with Gasteiger partial charge in [-0.15, -0.1) is 5.11 Å². The van der Waals surface area contributed by atoms with Crippen LogP contribution in [0.4, 0.5) is 0 Å². The molecule has 0 bridgehead atoms. The third-order valence-electron chi connectivity index (χ3n) is 2.40. The first-order valence-corrected chi connectivity index (χ1v) is 4.81. The standard InChI is InChI=1S/C9H15N3/c1-2-6-9(5-1)10-11-12-7-3-4-8-12/h5H,1-4,6-8H2. The van der Waals surface area contributed by atoms with Crippen LogP contribution in [0, 0.1) is 0 Å². The molecule has 1 aliphatic carbocycles. The Bertz CT molecular complexity index is 202. The first-order chi connectivity index (χ1) is 5.95. The maximum Gasteiger partial charge on any atom is 0.0608 e. The fourth-order valence-electron chi connectivity index (χ4n) is 1.66. The summed E-state index contributed by atoms with van der Waals surface area (Å²) in [5, 5.41) is 10.5. The van der Waals surface area contributed by atoms with Gasteiger partial charge in [-0.05, 0) is 32.1 Å². The van der Waals surface area contributed by atoms with E-state index in [0.717, 1.165) is 19.5 Å². The molecule has 0 radical (unpaired) electrons. The Morgan fingerprint density at radius 3 is 2.67 bits per heavy atom. The minimum atomic E-state index is 1.09. The summed E-state index contributed by atoms with van der Waals surface area (Å²) in [4.78, 5) is 0. The minimum Gasteiger partial charge on any atom is -0.278 e. The topological polar surface area (TPSA) is 28.0 Å². The zero-order chi connectivity index (χ0) is 8.23. The van der Waals surface area contributed by atoms with Crippen molar-refractivity contribution in [1.82, 2.24) is 5.01 Å². The first-order valence-electron chi connectivity index (χ1n) is 4.81. The monoisotopic (exact) mass is 165 g/mol. The fraction of sp³-hybridized carbons (Fsp3) is 0.778. The Balaban J connectivity index is 1.83. The van der Waals surface area contributed by atoms with Crippen LogP contribution in [0.15, 0.2) is 22.1 Å². The molecule has 2 rings (SSSR count). The van der Waals surface area contributed by atoms with E-state index in [2.05, 4.69) is 21.4 Å². The second kappa shape index (κ2) is 3.70. The van der Waals surface area contributed by atoms with Crippen LogP contribution in [-0.2, 0) is 0 Å². The Morgan fingerprint density at radius 1 is 1.17 bits per heavy atom. The lowest BCUT2D eigenvalue weighted by Crippen LogP contribution is -2.09. The molecule has 3 nitrogen and oxygen atoms in total. The molecule has 0 N–H and O–H groups in total. The van der Waals surface area contributed by atoms with Gasteiger partial charge in [-0.25, -0.2) is 0 Å². The summed E-state index contributed by atoms with van der Waals surface area (Å²) in [7, 11) is 0. The molecule has 0 aromatic carbocycles. The molecule has 0 spiro atoms. The average molecular weight is 165 g/mol. The number of hydrogen-bond donors (Lipinski definition) is 0. The van der Waals surface area contributed by atoms with Gasteiger partial charge >= 0.3 is 0 Å². The number of hydrogen-bond acceptors (Lipinski definition) is 2. The van der Waals surface area contributed by atoms with Crippen molar-refractivity contribution in [3.8, 4) is 0 Å². The third kappa shape index (κ3) is 1.84. The molecular weight excluding hydrogens is 150 g/mol. The van der Waals surface area contributed by atoms with Crippen molar-refractivity contribution < 1.29 is 0 Å². The lowest BCUT2D eigenvalue weighted by atomic mass is 10.3. The van der Waals surface area contributed by atoms with E-state index in [1.165, 1.54) is 31.4 Å².